The molecule has 0 amide bonds. The summed E-state index contributed by atoms with van der Waals surface area (Å²) in [5, 5.41) is 3.07. The fourth-order valence-corrected chi connectivity index (χ4v) is 2.02. The fourth-order valence-electron chi connectivity index (χ4n) is 2.02. The predicted octanol–water partition coefficient (Wildman–Crippen LogP) is 1.90. The van der Waals surface area contributed by atoms with E-state index in [0.29, 0.717) is 6.61 Å². The van der Waals surface area contributed by atoms with E-state index < -0.39 is 5.54 Å². The van der Waals surface area contributed by atoms with Gasteiger partial charge >= 0.3 is 5.97 Å². The zero-order chi connectivity index (χ0) is 14.3. The quantitative estimate of drug-likeness (QED) is 0.577. The van der Waals surface area contributed by atoms with Gasteiger partial charge in [0.15, 0.2) is 0 Å². The summed E-state index contributed by atoms with van der Waals surface area (Å²) in [5.41, 5.74) is -0.583. The van der Waals surface area contributed by atoms with Crippen LogP contribution in [0.3, 0.4) is 0 Å². The van der Waals surface area contributed by atoms with Gasteiger partial charge < -0.3 is 14.6 Å². The Hall–Kier alpha value is -1.36. The molecule has 1 atom stereocenters. The van der Waals surface area contributed by atoms with Crippen molar-refractivity contribution in [3.8, 4) is 0 Å². The van der Waals surface area contributed by atoms with Crippen molar-refractivity contribution in [3.63, 3.8) is 0 Å². The molecule has 1 aromatic heterocycles. The Balaban J connectivity index is 2.37. The molecule has 0 aliphatic carbocycles. The van der Waals surface area contributed by atoms with Crippen LogP contribution in [0.25, 0.3) is 0 Å². The Bertz CT molecular complexity index is 403. The van der Waals surface area contributed by atoms with Crippen molar-refractivity contribution in [1.29, 1.82) is 0 Å². The van der Waals surface area contributed by atoms with E-state index in [4.69, 9.17) is 4.74 Å². The van der Waals surface area contributed by atoms with Gasteiger partial charge in [-0.2, -0.15) is 0 Å². The molecule has 5 nitrogen and oxygen atoms in total. The number of carbonyl (C=O) groups excluding carboxylic acids is 1. The lowest BCUT2D eigenvalue weighted by atomic mass is 9.95. The van der Waals surface area contributed by atoms with Gasteiger partial charge in [0.2, 0.25) is 0 Å². The average molecular weight is 267 g/mol. The molecule has 0 saturated heterocycles. The summed E-state index contributed by atoms with van der Waals surface area (Å²) in [6.45, 7) is 7.08. The van der Waals surface area contributed by atoms with Gasteiger partial charge in [-0.3, -0.25) is 4.79 Å². The van der Waals surface area contributed by atoms with Crippen LogP contribution in [0.5, 0.6) is 0 Å². The molecule has 0 radical (unpaired) electrons. The topological polar surface area (TPSA) is 56.2 Å². The molecule has 1 N–H and O–H groups in total. The number of ether oxygens (including phenoxy) is 1. The number of imidazole rings is 1. The Morgan fingerprint density at radius 3 is 2.79 bits per heavy atom. The molecule has 108 valence electrons. The number of aryl methyl sites for hydroxylation is 2. The highest BCUT2D eigenvalue weighted by Gasteiger charge is 2.32. The molecular formula is C14H25N3O2. The molecule has 0 saturated carbocycles. The van der Waals surface area contributed by atoms with Crippen LogP contribution in [0.1, 0.15) is 38.9 Å². The monoisotopic (exact) mass is 267 g/mol. The highest BCUT2D eigenvalue weighted by Crippen LogP contribution is 2.16. The molecule has 0 aromatic carbocycles. The second-order valence-electron chi connectivity index (χ2n) is 4.93. The molecule has 0 spiro atoms. The number of likely N-dealkylation sites (N-methyl/N-ethyl adjacent to an activating group) is 1. The van der Waals surface area contributed by atoms with Gasteiger partial charge in [0.05, 0.1) is 6.61 Å². The summed E-state index contributed by atoms with van der Waals surface area (Å²) in [6.07, 6.45) is 6.56. The third-order valence-corrected chi connectivity index (χ3v) is 3.53. The molecule has 1 heterocycles. The van der Waals surface area contributed by atoms with Gasteiger partial charge in [-0.25, -0.2) is 4.98 Å². The number of aromatic nitrogens is 2. The summed E-state index contributed by atoms with van der Waals surface area (Å²) in [5.74, 6) is 0.859. The first-order chi connectivity index (χ1) is 9.03. The van der Waals surface area contributed by atoms with Crippen LogP contribution in [0.15, 0.2) is 12.4 Å². The summed E-state index contributed by atoms with van der Waals surface area (Å²) < 4.78 is 7.23. The maximum atomic E-state index is 11.9. The second kappa shape index (κ2) is 7.28. The molecule has 0 bridgehead atoms. The maximum Gasteiger partial charge on any atom is 0.326 e. The van der Waals surface area contributed by atoms with Crippen molar-refractivity contribution in [1.82, 2.24) is 14.9 Å². The SMILES string of the molecule is CCOC(=O)C(C)(CCCCn1ccnc1C)NC. The number of hydrogen-bond donors (Lipinski definition) is 1. The van der Waals surface area contributed by atoms with Gasteiger partial charge in [0, 0.05) is 18.9 Å². The van der Waals surface area contributed by atoms with E-state index >= 15 is 0 Å². The minimum absolute atomic E-state index is 0.170. The fraction of sp³-hybridized carbons (Fsp3) is 0.714. The van der Waals surface area contributed by atoms with Crippen molar-refractivity contribution in [2.75, 3.05) is 13.7 Å². The van der Waals surface area contributed by atoms with Crippen molar-refractivity contribution in [3.05, 3.63) is 18.2 Å². The standard InChI is InChI=1S/C14H25N3O2/c1-5-19-13(18)14(3,15-4)8-6-7-10-17-11-9-16-12(17)2/h9,11,15H,5-8,10H2,1-4H3. The van der Waals surface area contributed by atoms with Crippen LogP contribution >= 0.6 is 0 Å². The van der Waals surface area contributed by atoms with E-state index in [1.165, 1.54) is 0 Å². The minimum atomic E-state index is -0.583. The van der Waals surface area contributed by atoms with Crippen LogP contribution in [-0.2, 0) is 16.1 Å². The van der Waals surface area contributed by atoms with Gasteiger partial charge in [0.25, 0.3) is 0 Å². The molecule has 0 fully saturated rings. The van der Waals surface area contributed by atoms with E-state index in [0.717, 1.165) is 31.6 Å². The Labute approximate surface area is 115 Å². The summed E-state index contributed by atoms with van der Waals surface area (Å²) in [6, 6.07) is 0. The van der Waals surface area contributed by atoms with Crippen molar-refractivity contribution >= 4 is 5.97 Å². The van der Waals surface area contributed by atoms with E-state index in [2.05, 4.69) is 14.9 Å². The van der Waals surface area contributed by atoms with Crippen LogP contribution in [0.4, 0.5) is 0 Å². The molecule has 1 unspecified atom stereocenters. The lowest BCUT2D eigenvalue weighted by Gasteiger charge is -2.26. The number of esters is 1. The Morgan fingerprint density at radius 2 is 2.26 bits per heavy atom. The first kappa shape index (κ1) is 15.7. The number of carbonyl (C=O) groups is 1. The summed E-state index contributed by atoms with van der Waals surface area (Å²) in [4.78, 5) is 16.1. The van der Waals surface area contributed by atoms with E-state index in [1.807, 2.05) is 33.2 Å². The van der Waals surface area contributed by atoms with Gasteiger partial charge in [-0.1, -0.05) is 0 Å². The van der Waals surface area contributed by atoms with Crippen molar-refractivity contribution < 1.29 is 9.53 Å². The molecule has 1 aromatic rings. The summed E-state index contributed by atoms with van der Waals surface area (Å²) >= 11 is 0. The normalized spacial score (nSPS) is 14.1. The molecule has 1 rings (SSSR count). The van der Waals surface area contributed by atoms with Crippen LogP contribution in [0.2, 0.25) is 0 Å². The number of hydrogen-bond acceptors (Lipinski definition) is 4. The lowest BCUT2D eigenvalue weighted by molar-refractivity contribution is -0.150. The predicted molar refractivity (Wildman–Crippen MR) is 74.9 cm³/mol. The number of nitrogens with one attached hydrogen (secondary N) is 1. The molecule has 19 heavy (non-hydrogen) atoms. The zero-order valence-corrected chi connectivity index (χ0v) is 12.4. The number of nitrogens with zero attached hydrogens (tertiary/aromatic N) is 2. The minimum Gasteiger partial charge on any atom is -0.465 e. The summed E-state index contributed by atoms with van der Waals surface area (Å²) in [7, 11) is 1.80. The highest BCUT2D eigenvalue weighted by molar-refractivity contribution is 5.80. The highest BCUT2D eigenvalue weighted by atomic mass is 16.5. The first-order valence-electron chi connectivity index (χ1n) is 6.87. The third-order valence-electron chi connectivity index (χ3n) is 3.53. The van der Waals surface area contributed by atoms with Gasteiger partial charge in [-0.15, -0.1) is 0 Å². The second-order valence-corrected chi connectivity index (χ2v) is 4.93. The van der Waals surface area contributed by atoms with E-state index in [1.54, 1.807) is 7.05 Å². The Kier molecular flexibility index (Phi) is 6.02. The third kappa shape index (κ3) is 4.35. The maximum absolute atomic E-state index is 11.9. The zero-order valence-electron chi connectivity index (χ0n) is 12.4. The molecule has 0 aliphatic heterocycles. The van der Waals surface area contributed by atoms with Crippen molar-refractivity contribution in [2.24, 2.45) is 0 Å². The van der Waals surface area contributed by atoms with Crippen LogP contribution < -0.4 is 5.32 Å². The lowest BCUT2D eigenvalue weighted by Crippen LogP contribution is -2.48. The first-order valence-corrected chi connectivity index (χ1v) is 6.87. The van der Waals surface area contributed by atoms with Crippen LogP contribution in [0, 0.1) is 6.92 Å². The van der Waals surface area contributed by atoms with E-state index in [-0.39, 0.29) is 5.97 Å². The molecule has 5 heteroatoms. The van der Waals surface area contributed by atoms with Gasteiger partial charge in [-0.05, 0) is 47.1 Å². The van der Waals surface area contributed by atoms with Crippen LogP contribution in [-0.4, -0.2) is 34.7 Å². The van der Waals surface area contributed by atoms with Crippen molar-refractivity contribution in [2.45, 2.75) is 52.1 Å². The smallest absolute Gasteiger partial charge is 0.326 e. The number of unbranched alkanes of at least 4 members (excludes halogenated alkanes) is 1. The van der Waals surface area contributed by atoms with Gasteiger partial charge in [0.1, 0.15) is 11.4 Å². The molecule has 0 aliphatic rings. The Morgan fingerprint density at radius 1 is 1.53 bits per heavy atom. The average Bonchev–Trinajstić information content (AvgIpc) is 2.80. The largest absolute Gasteiger partial charge is 0.465 e. The molecular weight excluding hydrogens is 242 g/mol. The number of rotatable bonds is 8. The van der Waals surface area contributed by atoms with E-state index in [9.17, 15) is 4.79 Å².